The third kappa shape index (κ3) is 4.36. The largest absolute Gasteiger partial charge is 0.494 e. The van der Waals surface area contributed by atoms with E-state index in [2.05, 4.69) is 19.1 Å². The number of aliphatic hydroxyl groups is 1. The SMILES string of the molecule is CCOc1ccc(CCC(O)CN)c(CC)c1. The number of rotatable bonds is 7. The van der Waals surface area contributed by atoms with Gasteiger partial charge in [-0.15, -0.1) is 0 Å². The summed E-state index contributed by atoms with van der Waals surface area (Å²) in [6, 6.07) is 6.17. The van der Waals surface area contributed by atoms with Crippen molar-refractivity contribution in [2.75, 3.05) is 13.2 Å². The molecule has 1 aromatic rings. The molecule has 3 heteroatoms. The number of ether oxygens (including phenoxy) is 1. The van der Waals surface area contributed by atoms with E-state index >= 15 is 0 Å². The highest BCUT2D eigenvalue weighted by atomic mass is 16.5. The molecule has 0 heterocycles. The van der Waals surface area contributed by atoms with Crippen molar-refractivity contribution in [2.45, 2.75) is 39.2 Å². The maximum atomic E-state index is 9.47. The molecule has 3 N–H and O–H groups in total. The molecule has 0 saturated carbocycles. The van der Waals surface area contributed by atoms with Gasteiger partial charge in [-0.1, -0.05) is 13.0 Å². The quantitative estimate of drug-likeness (QED) is 0.761. The van der Waals surface area contributed by atoms with Crippen LogP contribution in [0.3, 0.4) is 0 Å². The van der Waals surface area contributed by atoms with Crippen molar-refractivity contribution in [2.24, 2.45) is 5.73 Å². The van der Waals surface area contributed by atoms with Crippen molar-refractivity contribution in [1.29, 1.82) is 0 Å². The molecule has 0 aromatic heterocycles. The molecule has 0 aliphatic carbocycles. The zero-order valence-corrected chi connectivity index (χ0v) is 10.8. The Morgan fingerprint density at radius 2 is 2.06 bits per heavy atom. The van der Waals surface area contributed by atoms with Crippen LogP contribution in [0.4, 0.5) is 0 Å². The molecule has 0 aliphatic heterocycles. The number of hydrogen-bond donors (Lipinski definition) is 2. The topological polar surface area (TPSA) is 55.5 Å². The summed E-state index contributed by atoms with van der Waals surface area (Å²) in [6.45, 7) is 5.14. The van der Waals surface area contributed by atoms with Crippen molar-refractivity contribution in [3.63, 3.8) is 0 Å². The minimum absolute atomic E-state index is 0.332. The molecular weight excluding hydrogens is 214 g/mol. The number of aliphatic hydroxyl groups excluding tert-OH is 1. The van der Waals surface area contributed by atoms with Crippen LogP contribution in [0.5, 0.6) is 5.75 Å². The Hall–Kier alpha value is -1.06. The number of aryl methyl sites for hydroxylation is 2. The summed E-state index contributed by atoms with van der Waals surface area (Å²) in [4.78, 5) is 0. The maximum Gasteiger partial charge on any atom is 0.119 e. The molecular formula is C14H23NO2. The zero-order chi connectivity index (χ0) is 12.7. The molecule has 1 unspecified atom stereocenters. The van der Waals surface area contributed by atoms with Crippen molar-refractivity contribution in [1.82, 2.24) is 0 Å². The summed E-state index contributed by atoms with van der Waals surface area (Å²) < 4.78 is 5.48. The van der Waals surface area contributed by atoms with Crippen LogP contribution in [0.2, 0.25) is 0 Å². The second-order valence-corrected chi connectivity index (χ2v) is 4.15. The van der Waals surface area contributed by atoms with Gasteiger partial charge in [0.2, 0.25) is 0 Å². The second-order valence-electron chi connectivity index (χ2n) is 4.15. The van der Waals surface area contributed by atoms with Gasteiger partial charge in [0.25, 0.3) is 0 Å². The first kappa shape index (κ1) is 14.0. The molecule has 0 saturated heterocycles. The summed E-state index contributed by atoms with van der Waals surface area (Å²) >= 11 is 0. The Labute approximate surface area is 104 Å². The molecule has 1 aromatic carbocycles. The van der Waals surface area contributed by atoms with E-state index in [1.54, 1.807) is 0 Å². The normalized spacial score (nSPS) is 12.5. The van der Waals surface area contributed by atoms with E-state index in [1.807, 2.05) is 13.0 Å². The van der Waals surface area contributed by atoms with Crippen molar-refractivity contribution < 1.29 is 9.84 Å². The van der Waals surface area contributed by atoms with Gasteiger partial charge in [-0.3, -0.25) is 0 Å². The van der Waals surface area contributed by atoms with Crippen LogP contribution in [0.15, 0.2) is 18.2 Å². The van der Waals surface area contributed by atoms with Crippen LogP contribution in [0.25, 0.3) is 0 Å². The summed E-state index contributed by atoms with van der Waals surface area (Å²) in [5, 5.41) is 9.47. The average molecular weight is 237 g/mol. The molecule has 0 amide bonds. The molecule has 0 radical (unpaired) electrons. The van der Waals surface area contributed by atoms with Gasteiger partial charge in [-0.05, 0) is 49.4 Å². The van der Waals surface area contributed by atoms with E-state index in [0.29, 0.717) is 13.2 Å². The minimum atomic E-state index is -0.397. The van der Waals surface area contributed by atoms with Gasteiger partial charge in [-0.2, -0.15) is 0 Å². The lowest BCUT2D eigenvalue weighted by atomic mass is 9.99. The number of nitrogens with two attached hydrogens (primary N) is 1. The van der Waals surface area contributed by atoms with Crippen LogP contribution in [-0.2, 0) is 12.8 Å². The molecule has 0 aliphatic rings. The fraction of sp³-hybridized carbons (Fsp3) is 0.571. The van der Waals surface area contributed by atoms with Gasteiger partial charge in [0.05, 0.1) is 12.7 Å². The first-order chi connectivity index (χ1) is 8.21. The van der Waals surface area contributed by atoms with Crippen molar-refractivity contribution in [3.8, 4) is 5.75 Å². The molecule has 0 spiro atoms. The van der Waals surface area contributed by atoms with Gasteiger partial charge in [-0.25, -0.2) is 0 Å². The van der Waals surface area contributed by atoms with Gasteiger partial charge in [0, 0.05) is 6.54 Å². The Balaban J connectivity index is 2.71. The van der Waals surface area contributed by atoms with Crippen LogP contribution < -0.4 is 10.5 Å². The predicted molar refractivity (Wildman–Crippen MR) is 70.4 cm³/mol. The summed E-state index contributed by atoms with van der Waals surface area (Å²) in [7, 11) is 0. The number of benzene rings is 1. The summed E-state index contributed by atoms with van der Waals surface area (Å²) in [5.74, 6) is 0.924. The first-order valence-electron chi connectivity index (χ1n) is 6.34. The van der Waals surface area contributed by atoms with E-state index in [4.69, 9.17) is 10.5 Å². The highest BCUT2D eigenvalue weighted by Gasteiger charge is 2.06. The molecule has 0 fully saturated rings. The summed E-state index contributed by atoms with van der Waals surface area (Å²) in [6.07, 6.45) is 2.17. The highest BCUT2D eigenvalue weighted by Crippen LogP contribution is 2.20. The van der Waals surface area contributed by atoms with Crippen molar-refractivity contribution in [3.05, 3.63) is 29.3 Å². The Morgan fingerprint density at radius 1 is 1.29 bits per heavy atom. The van der Waals surface area contributed by atoms with Crippen LogP contribution in [0.1, 0.15) is 31.4 Å². The van der Waals surface area contributed by atoms with E-state index in [9.17, 15) is 5.11 Å². The molecule has 17 heavy (non-hydrogen) atoms. The van der Waals surface area contributed by atoms with Crippen LogP contribution in [-0.4, -0.2) is 24.4 Å². The third-order valence-corrected chi connectivity index (χ3v) is 2.89. The first-order valence-corrected chi connectivity index (χ1v) is 6.34. The van der Waals surface area contributed by atoms with Gasteiger partial charge in [0.15, 0.2) is 0 Å². The van der Waals surface area contributed by atoms with Crippen LogP contribution >= 0.6 is 0 Å². The Bertz CT molecular complexity index is 339. The van der Waals surface area contributed by atoms with E-state index in [1.165, 1.54) is 11.1 Å². The zero-order valence-electron chi connectivity index (χ0n) is 10.8. The van der Waals surface area contributed by atoms with E-state index in [-0.39, 0.29) is 0 Å². The molecule has 0 bridgehead atoms. The lowest BCUT2D eigenvalue weighted by Crippen LogP contribution is -2.20. The Morgan fingerprint density at radius 3 is 2.65 bits per heavy atom. The third-order valence-electron chi connectivity index (χ3n) is 2.89. The fourth-order valence-electron chi connectivity index (χ4n) is 1.87. The summed E-state index contributed by atoms with van der Waals surface area (Å²) in [5.41, 5.74) is 7.97. The van der Waals surface area contributed by atoms with Gasteiger partial charge < -0.3 is 15.6 Å². The van der Waals surface area contributed by atoms with E-state index < -0.39 is 6.10 Å². The lowest BCUT2D eigenvalue weighted by molar-refractivity contribution is 0.173. The predicted octanol–water partition coefficient (Wildman–Crippen LogP) is 1.90. The smallest absolute Gasteiger partial charge is 0.119 e. The standard InChI is InChI=1S/C14H23NO2/c1-3-11-9-14(17-4-2)8-6-12(11)5-7-13(16)10-15/h6,8-9,13,16H,3-5,7,10,15H2,1-2H3. The van der Waals surface area contributed by atoms with Crippen LogP contribution in [0, 0.1) is 0 Å². The monoisotopic (exact) mass is 237 g/mol. The Kier molecular flexibility index (Phi) is 6.01. The molecule has 1 atom stereocenters. The maximum absolute atomic E-state index is 9.47. The highest BCUT2D eigenvalue weighted by molar-refractivity contribution is 5.35. The minimum Gasteiger partial charge on any atom is -0.494 e. The number of hydrogen-bond acceptors (Lipinski definition) is 3. The van der Waals surface area contributed by atoms with Gasteiger partial charge >= 0.3 is 0 Å². The fourth-order valence-corrected chi connectivity index (χ4v) is 1.87. The molecule has 1 rings (SSSR count). The van der Waals surface area contributed by atoms with Crippen molar-refractivity contribution >= 4 is 0 Å². The molecule has 3 nitrogen and oxygen atoms in total. The van der Waals surface area contributed by atoms with Gasteiger partial charge in [0.1, 0.15) is 5.75 Å². The molecule has 96 valence electrons. The average Bonchev–Trinajstić information content (AvgIpc) is 2.36. The lowest BCUT2D eigenvalue weighted by Gasteiger charge is -2.12. The second kappa shape index (κ2) is 7.30. The van der Waals surface area contributed by atoms with E-state index in [0.717, 1.165) is 25.0 Å².